The fourth-order valence-electron chi connectivity index (χ4n) is 2.17. The molecular formula is C16H18N2O3. The molecule has 110 valence electrons. The minimum Gasteiger partial charge on any atom is -0.481 e. The van der Waals surface area contributed by atoms with E-state index < -0.39 is 5.97 Å². The van der Waals surface area contributed by atoms with Gasteiger partial charge in [0, 0.05) is 20.1 Å². The van der Waals surface area contributed by atoms with E-state index in [1.807, 2.05) is 42.5 Å². The van der Waals surface area contributed by atoms with Crippen LogP contribution in [-0.2, 0) is 11.3 Å². The number of urea groups is 1. The maximum atomic E-state index is 11.9. The van der Waals surface area contributed by atoms with Crippen molar-refractivity contribution in [2.75, 3.05) is 13.6 Å². The van der Waals surface area contributed by atoms with Gasteiger partial charge in [0.05, 0.1) is 6.42 Å². The number of fused-ring (bicyclic) bond motifs is 1. The van der Waals surface area contributed by atoms with E-state index in [1.54, 1.807) is 11.9 Å². The lowest BCUT2D eigenvalue weighted by Crippen LogP contribution is -2.37. The molecule has 0 spiro atoms. The van der Waals surface area contributed by atoms with Crippen LogP contribution in [0.15, 0.2) is 42.5 Å². The van der Waals surface area contributed by atoms with Crippen molar-refractivity contribution in [1.29, 1.82) is 0 Å². The van der Waals surface area contributed by atoms with Crippen molar-refractivity contribution >= 4 is 22.8 Å². The molecule has 0 bridgehead atoms. The zero-order valence-electron chi connectivity index (χ0n) is 11.9. The fraction of sp³-hybridized carbons (Fsp3) is 0.250. The lowest BCUT2D eigenvalue weighted by Gasteiger charge is -2.19. The Hall–Kier alpha value is -2.56. The van der Waals surface area contributed by atoms with Gasteiger partial charge in [0.15, 0.2) is 0 Å². The first-order chi connectivity index (χ1) is 10.1. The van der Waals surface area contributed by atoms with Crippen LogP contribution in [0, 0.1) is 0 Å². The smallest absolute Gasteiger partial charge is 0.317 e. The van der Waals surface area contributed by atoms with Crippen molar-refractivity contribution in [3.05, 3.63) is 48.0 Å². The Bertz CT molecular complexity index is 650. The monoisotopic (exact) mass is 286 g/mol. The van der Waals surface area contributed by atoms with Gasteiger partial charge in [-0.25, -0.2) is 4.79 Å². The van der Waals surface area contributed by atoms with Crippen molar-refractivity contribution in [2.45, 2.75) is 13.0 Å². The van der Waals surface area contributed by atoms with Crippen LogP contribution in [0.3, 0.4) is 0 Å². The maximum Gasteiger partial charge on any atom is 0.317 e. The van der Waals surface area contributed by atoms with Crippen molar-refractivity contribution in [3.63, 3.8) is 0 Å². The molecule has 0 radical (unpaired) electrons. The molecule has 0 aliphatic carbocycles. The van der Waals surface area contributed by atoms with E-state index in [9.17, 15) is 9.59 Å². The Labute approximate surface area is 123 Å². The largest absolute Gasteiger partial charge is 0.481 e. The van der Waals surface area contributed by atoms with Crippen LogP contribution in [0.2, 0.25) is 0 Å². The number of carboxylic acid groups (broad SMARTS) is 1. The summed E-state index contributed by atoms with van der Waals surface area (Å²) in [6.07, 6.45) is -0.0755. The highest BCUT2D eigenvalue weighted by atomic mass is 16.4. The highest BCUT2D eigenvalue weighted by Crippen LogP contribution is 2.19. The highest BCUT2D eigenvalue weighted by Gasteiger charge is 2.10. The van der Waals surface area contributed by atoms with Gasteiger partial charge in [0.2, 0.25) is 0 Å². The van der Waals surface area contributed by atoms with Gasteiger partial charge in [-0.05, 0) is 16.3 Å². The molecule has 2 aromatic rings. The molecule has 2 rings (SSSR count). The molecule has 0 saturated heterocycles. The molecule has 0 saturated carbocycles. The number of hydrogen-bond donors (Lipinski definition) is 2. The number of benzene rings is 2. The summed E-state index contributed by atoms with van der Waals surface area (Å²) in [4.78, 5) is 23.9. The van der Waals surface area contributed by atoms with Crippen molar-refractivity contribution < 1.29 is 14.7 Å². The van der Waals surface area contributed by atoms with Gasteiger partial charge in [0.1, 0.15) is 0 Å². The zero-order chi connectivity index (χ0) is 15.2. The van der Waals surface area contributed by atoms with E-state index >= 15 is 0 Å². The molecule has 0 fully saturated rings. The minimum atomic E-state index is -0.924. The maximum absolute atomic E-state index is 11.9. The highest BCUT2D eigenvalue weighted by molar-refractivity contribution is 5.86. The first kappa shape index (κ1) is 14.8. The summed E-state index contributed by atoms with van der Waals surface area (Å²) in [5.41, 5.74) is 1.06. The average Bonchev–Trinajstić information content (AvgIpc) is 2.47. The molecular weight excluding hydrogens is 268 g/mol. The molecule has 0 unspecified atom stereocenters. The normalized spacial score (nSPS) is 10.3. The van der Waals surface area contributed by atoms with Crippen LogP contribution in [0.4, 0.5) is 4.79 Å². The molecule has 0 aliphatic rings. The van der Waals surface area contributed by atoms with Gasteiger partial charge in [-0.2, -0.15) is 0 Å². The number of carbonyl (C=O) groups excluding carboxylic acids is 1. The summed E-state index contributed by atoms with van der Waals surface area (Å²) in [5.74, 6) is -0.924. The quantitative estimate of drug-likeness (QED) is 0.887. The first-order valence-electron chi connectivity index (χ1n) is 6.75. The van der Waals surface area contributed by atoms with E-state index in [2.05, 4.69) is 5.32 Å². The second-order valence-corrected chi connectivity index (χ2v) is 4.87. The van der Waals surface area contributed by atoms with Crippen LogP contribution >= 0.6 is 0 Å². The number of carbonyl (C=O) groups is 2. The number of amides is 2. The van der Waals surface area contributed by atoms with Crippen molar-refractivity contribution in [3.8, 4) is 0 Å². The van der Waals surface area contributed by atoms with Crippen molar-refractivity contribution in [1.82, 2.24) is 10.2 Å². The lowest BCUT2D eigenvalue weighted by molar-refractivity contribution is -0.136. The molecule has 2 aromatic carbocycles. The Kier molecular flexibility index (Phi) is 4.77. The van der Waals surface area contributed by atoms with Crippen LogP contribution < -0.4 is 5.32 Å². The molecule has 2 amide bonds. The average molecular weight is 286 g/mol. The third-order valence-corrected chi connectivity index (χ3v) is 3.25. The Morgan fingerprint density at radius 2 is 1.86 bits per heavy atom. The van der Waals surface area contributed by atoms with E-state index in [4.69, 9.17) is 5.11 Å². The number of carboxylic acids is 1. The van der Waals surface area contributed by atoms with Crippen LogP contribution in [0.5, 0.6) is 0 Å². The third-order valence-electron chi connectivity index (χ3n) is 3.25. The Balaban J connectivity index is 2.02. The predicted molar refractivity (Wildman–Crippen MR) is 81.1 cm³/mol. The molecule has 21 heavy (non-hydrogen) atoms. The molecule has 5 heteroatoms. The van der Waals surface area contributed by atoms with Crippen molar-refractivity contribution in [2.24, 2.45) is 0 Å². The van der Waals surface area contributed by atoms with E-state index in [0.29, 0.717) is 6.54 Å². The number of hydrogen-bond acceptors (Lipinski definition) is 2. The van der Waals surface area contributed by atoms with Crippen LogP contribution in [0.1, 0.15) is 12.0 Å². The molecule has 0 heterocycles. The summed E-state index contributed by atoms with van der Waals surface area (Å²) in [6, 6.07) is 13.7. The summed E-state index contributed by atoms with van der Waals surface area (Å²) in [6.45, 7) is 0.605. The number of nitrogens with zero attached hydrogens (tertiary/aromatic N) is 1. The first-order valence-corrected chi connectivity index (χ1v) is 6.75. The fourth-order valence-corrected chi connectivity index (χ4v) is 2.17. The second-order valence-electron chi connectivity index (χ2n) is 4.87. The number of aliphatic carboxylic acids is 1. The topological polar surface area (TPSA) is 69.6 Å². The standard InChI is InChI=1S/C16H18N2O3/c1-18(16(21)17-10-9-15(19)20)11-13-7-4-6-12-5-2-3-8-14(12)13/h2-8H,9-11H2,1H3,(H,17,21)(H,19,20). The van der Waals surface area contributed by atoms with E-state index in [1.165, 1.54) is 0 Å². The molecule has 0 atom stereocenters. The van der Waals surface area contributed by atoms with Gasteiger partial charge >= 0.3 is 12.0 Å². The van der Waals surface area contributed by atoms with Crippen LogP contribution in [-0.4, -0.2) is 35.6 Å². The minimum absolute atomic E-state index is 0.0755. The van der Waals surface area contributed by atoms with E-state index in [0.717, 1.165) is 16.3 Å². The summed E-state index contributed by atoms with van der Waals surface area (Å²) in [5, 5.41) is 13.4. The van der Waals surface area contributed by atoms with Gasteiger partial charge in [-0.15, -0.1) is 0 Å². The molecule has 0 aliphatic heterocycles. The second kappa shape index (κ2) is 6.74. The number of rotatable bonds is 5. The van der Waals surface area contributed by atoms with Gasteiger partial charge in [-0.3, -0.25) is 4.79 Å². The summed E-state index contributed by atoms with van der Waals surface area (Å²) >= 11 is 0. The van der Waals surface area contributed by atoms with Gasteiger partial charge in [0.25, 0.3) is 0 Å². The predicted octanol–water partition coefficient (Wildman–Crippen LogP) is 2.46. The van der Waals surface area contributed by atoms with E-state index in [-0.39, 0.29) is 19.0 Å². The molecule has 2 N–H and O–H groups in total. The SMILES string of the molecule is CN(Cc1cccc2ccccc12)C(=O)NCCC(=O)O. The zero-order valence-corrected chi connectivity index (χ0v) is 11.9. The van der Waals surface area contributed by atoms with Crippen LogP contribution in [0.25, 0.3) is 10.8 Å². The number of nitrogens with one attached hydrogen (secondary N) is 1. The summed E-state index contributed by atoms with van der Waals surface area (Å²) in [7, 11) is 1.69. The lowest BCUT2D eigenvalue weighted by atomic mass is 10.0. The van der Waals surface area contributed by atoms with Gasteiger partial charge < -0.3 is 15.3 Å². The van der Waals surface area contributed by atoms with Gasteiger partial charge in [-0.1, -0.05) is 42.5 Å². The summed E-state index contributed by atoms with van der Waals surface area (Å²) < 4.78 is 0. The Morgan fingerprint density at radius 1 is 1.14 bits per heavy atom. The third kappa shape index (κ3) is 3.95. The molecule has 0 aromatic heterocycles. The Morgan fingerprint density at radius 3 is 2.62 bits per heavy atom. The molecule has 5 nitrogen and oxygen atoms in total.